The van der Waals surface area contributed by atoms with Crippen LogP contribution in [0.5, 0.6) is 5.75 Å². The maximum absolute atomic E-state index is 14.3. The van der Waals surface area contributed by atoms with E-state index in [1.54, 1.807) is 24.3 Å². The molecule has 0 aromatic heterocycles. The topological polar surface area (TPSA) is 55.8 Å². The highest BCUT2D eigenvalue weighted by Crippen LogP contribution is 2.44. The number of nitrogens with zero attached hydrogens (tertiary/aromatic N) is 1. The summed E-state index contributed by atoms with van der Waals surface area (Å²) < 4.78 is 79.8. The molecule has 1 atom stereocenters. The van der Waals surface area contributed by atoms with E-state index >= 15 is 0 Å². The molecule has 4 aromatic carbocycles. The first-order chi connectivity index (χ1) is 19.8. The van der Waals surface area contributed by atoms with E-state index in [-0.39, 0.29) is 25.5 Å². The Morgan fingerprint density at radius 3 is 1.83 bits per heavy atom. The number of rotatable bonds is 4. The van der Waals surface area contributed by atoms with Gasteiger partial charge < -0.3 is 9.47 Å². The van der Waals surface area contributed by atoms with E-state index in [2.05, 4.69) is 0 Å². The number of carbonyl (C=O) groups excluding carboxylic acids is 2. The van der Waals surface area contributed by atoms with Gasteiger partial charge in [-0.2, -0.15) is 8.78 Å². The van der Waals surface area contributed by atoms with Gasteiger partial charge in [0, 0.05) is 12.3 Å². The predicted octanol–water partition coefficient (Wildman–Crippen LogP) is 6.66. The highest BCUT2D eigenvalue weighted by molar-refractivity contribution is 5.84. The van der Waals surface area contributed by atoms with Crippen molar-refractivity contribution in [2.24, 2.45) is 0 Å². The van der Waals surface area contributed by atoms with Crippen molar-refractivity contribution < 1.29 is 41.0 Å². The standard InChI is InChI=1S/C31H20F5NO4/c32-24-25(33)27(35)29(28(36)26(24)34)41-30(38)23-13-16-7-1-2-8-17(16)14-37(23)31(39)40-15-22-20-11-5-3-9-18(20)19-10-4-6-12-21(19)22/h1-12,22-23H,13-15H2/t23-/m0/s1. The molecule has 0 bridgehead atoms. The normalized spacial score (nSPS) is 15.6. The fraction of sp³-hybridized carbons (Fsp3) is 0.161. The van der Waals surface area contributed by atoms with Crippen molar-refractivity contribution in [1.82, 2.24) is 4.90 Å². The van der Waals surface area contributed by atoms with Crippen molar-refractivity contribution in [3.63, 3.8) is 0 Å². The number of hydrogen-bond donors (Lipinski definition) is 0. The van der Waals surface area contributed by atoms with E-state index in [0.717, 1.165) is 27.2 Å². The molecule has 0 radical (unpaired) electrons. The molecule has 2 aliphatic rings. The maximum atomic E-state index is 14.3. The van der Waals surface area contributed by atoms with Crippen molar-refractivity contribution in [2.45, 2.75) is 24.9 Å². The Labute approximate surface area is 230 Å². The molecule has 1 heterocycles. The van der Waals surface area contributed by atoms with Gasteiger partial charge in [0.25, 0.3) is 0 Å². The Kier molecular flexibility index (Phi) is 6.69. The van der Waals surface area contributed by atoms with E-state index in [1.165, 1.54) is 0 Å². The molecular weight excluding hydrogens is 545 g/mol. The first kappa shape index (κ1) is 26.5. The van der Waals surface area contributed by atoms with Crippen LogP contribution in [-0.2, 0) is 22.5 Å². The van der Waals surface area contributed by atoms with E-state index in [0.29, 0.717) is 11.1 Å². The minimum atomic E-state index is -2.38. The molecule has 41 heavy (non-hydrogen) atoms. The summed E-state index contributed by atoms with van der Waals surface area (Å²) in [7, 11) is 0. The molecule has 0 spiro atoms. The minimum Gasteiger partial charge on any atom is -0.448 e. The number of fused-ring (bicyclic) bond motifs is 4. The van der Waals surface area contributed by atoms with Crippen LogP contribution in [0.15, 0.2) is 72.8 Å². The van der Waals surface area contributed by atoms with Crippen molar-refractivity contribution in [3.05, 3.63) is 124 Å². The Morgan fingerprint density at radius 2 is 1.22 bits per heavy atom. The summed E-state index contributed by atoms with van der Waals surface area (Å²) in [6.07, 6.45) is -1.03. The number of hydrogen-bond acceptors (Lipinski definition) is 4. The fourth-order valence-corrected chi connectivity index (χ4v) is 5.45. The average Bonchev–Trinajstić information content (AvgIpc) is 3.32. The fourth-order valence-electron chi connectivity index (χ4n) is 5.45. The van der Waals surface area contributed by atoms with E-state index < -0.39 is 52.9 Å². The van der Waals surface area contributed by atoms with Gasteiger partial charge in [-0.05, 0) is 33.4 Å². The number of amides is 1. The molecule has 0 N–H and O–H groups in total. The molecule has 1 aliphatic heterocycles. The number of esters is 1. The molecule has 0 fully saturated rings. The minimum absolute atomic E-state index is 0.0651. The molecule has 10 heteroatoms. The number of carbonyl (C=O) groups is 2. The van der Waals surface area contributed by atoms with Crippen LogP contribution < -0.4 is 4.74 Å². The van der Waals surface area contributed by atoms with Gasteiger partial charge in [-0.3, -0.25) is 4.90 Å². The summed E-state index contributed by atoms with van der Waals surface area (Å²) in [5.41, 5.74) is 5.30. The van der Waals surface area contributed by atoms with Crippen molar-refractivity contribution in [3.8, 4) is 16.9 Å². The van der Waals surface area contributed by atoms with E-state index in [9.17, 15) is 31.5 Å². The molecule has 0 unspecified atom stereocenters. The van der Waals surface area contributed by atoms with Gasteiger partial charge in [0.1, 0.15) is 12.6 Å². The van der Waals surface area contributed by atoms with Gasteiger partial charge >= 0.3 is 12.1 Å². The first-order valence-corrected chi connectivity index (χ1v) is 12.7. The molecule has 1 aliphatic carbocycles. The van der Waals surface area contributed by atoms with Crippen molar-refractivity contribution in [2.75, 3.05) is 6.61 Å². The van der Waals surface area contributed by atoms with Gasteiger partial charge in [-0.1, -0.05) is 72.8 Å². The van der Waals surface area contributed by atoms with Crippen LogP contribution in [0.2, 0.25) is 0 Å². The number of ether oxygens (including phenoxy) is 2. The molecule has 5 nitrogen and oxygen atoms in total. The predicted molar refractivity (Wildman–Crippen MR) is 136 cm³/mol. The summed E-state index contributed by atoms with van der Waals surface area (Å²) in [6.45, 7) is -0.172. The molecule has 1 amide bonds. The van der Waals surface area contributed by atoms with Gasteiger partial charge in [0.2, 0.25) is 34.8 Å². The number of halogens is 5. The Morgan fingerprint density at radius 1 is 0.707 bits per heavy atom. The lowest BCUT2D eigenvalue weighted by Gasteiger charge is -2.34. The quantitative estimate of drug-likeness (QED) is 0.0913. The summed E-state index contributed by atoms with van der Waals surface area (Å²) in [4.78, 5) is 27.6. The van der Waals surface area contributed by atoms with E-state index in [4.69, 9.17) is 9.47 Å². The monoisotopic (exact) mass is 565 g/mol. The molecule has 6 rings (SSSR count). The Hall–Kier alpha value is -4.73. The molecule has 208 valence electrons. The Balaban J connectivity index is 1.27. The highest BCUT2D eigenvalue weighted by atomic mass is 19.2. The summed E-state index contributed by atoms with van der Waals surface area (Å²) in [5.74, 6) is -14.9. The van der Waals surface area contributed by atoms with Crippen LogP contribution >= 0.6 is 0 Å². The molecule has 0 saturated heterocycles. The van der Waals surface area contributed by atoms with E-state index in [1.807, 2.05) is 48.5 Å². The van der Waals surface area contributed by atoms with Crippen LogP contribution in [0, 0.1) is 29.1 Å². The summed E-state index contributed by atoms with van der Waals surface area (Å²) in [6, 6.07) is 20.8. The maximum Gasteiger partial charge on any atom is 0.410 e. The van der Waals surface area contributed by atoms with Crippen LogP contribution in [0.25, 0.3) is 11.1 Å². The smallest absolute Gasteiger partial charge is 0.410 e. The molecular formula is C31H20F5NO4. The van der Waals surface area contributed by atoms with Gasteiger partial charge in [-0.15, -0.1) is 0 Å². The van der Waals surface area contributed by atoms with Crippen LogP contribution in [0.1, 0.15) is 28.2 Å². The summed E-state index contributed by atoms with van der Waals surface area (Å²) >= 11 is 0. The van der Waals surface area contributed by atoms with Crippen molar-refractivity contribution in [1.29, 1.82) is 0 Å². The lowest BCUT2D eigenvalue weighted by molar-refractivity contribution is -0.141. The Bertz CT molecular complexity index is 1630. The first-order valence-electron chi connectivity index (χ1n) is 12.7. The third-order valence-electron chi connectivity index (χ3n) is 7.46. The zero-order valence-electron chi connectivity index (χ0n) is 21.2. The van der Waals surface area contributed by atoms with Gasteiger partial charge in [-0.25, -0.2) is 22.8 Å². The second-order valence-corrected chi connectivity index (χ2v) is 9.74. The van der Waals surface area contributed by atoms with Gasteiger partial charge in [0.15, 0.2) is 0 Å². The zero-order chi connectivity index (χ0) is 28.8. The molecule has 0 saturated carbocycles. The summed E-state index contributed by atoms with van der Waals surface area (Å²) in [5, 5.41) is 0. The lowest BCUT2D eigenvalue weighted by Crippen LogP contribution is -2.50. The largest absolute Gasteiger partial charge is 0.448 e. The zero-order valence-corrected chi connectivity index (χ0v) is 21.2. The van der Waals surface area contributed by atoms with Crippen LogP contribution in [0.3, 0.4) is 0 Å². The van der Waals surface area contributed by atoms with Crippen molar-refractivity contribution >= 4 is 12.1 Å². The van der Waals surface area contributed by atoms with Crippen LogP contribution in [0.4, 0.5) is 26.7 Å². The highest BCUT2D eigenvalue weighted by Gasteiger charge is 2.39. The lowest BCUT2D eigenvalue weighted by atomic mass is 9.94. The second kappa shape index (κ2) is 10.3. The SMILES string of the molecule is O=C(Oc1c(F)c(F)c(F)c(F)c1F)[C@@H]1Cc2ccccc2CN1C(=O)OCC1c2ccccc2-c2ccccc21. The second-order valence-electron chi connectivity index (χ2n) is 9.74. The third-order valence-corrected chi connectivity index (χ3v) is 7.46. The third kappa shape index (κ3) is 4.49. The number of benzene rings is 4. The molecule has 4 aromatic rings. The van der Waals surface area contributed by atoms with Gasteiger partial charge in [0.05, 0.1) is 6.54 Å². The average molecular weight is 565 g/mol. The van der Waals surface area contributed by atoms with Crippen LogP contribution in [-0.4, -0.2) is 29.6 Å².